The van der Waals surface area contributed by atoms with Gasteiger partial charge in [-0.15, -0.1) is 0 Å². The Morgan fingerprint density at radius 2 is 1.85 bits per heavy atom. The average Bonchev–Trinajstić information content (AvgIpc) is 2.89. The predicted molar refractivity (Wildman–Crippen MR) is 106 cm³/mol. The highest BCUT2D eigenvalue weighted by atomic mass is 16.1. The van der Waals surface area contributed by atoms with Gasteiger partial charge in [0.2, 0.25) is 0 Å². The minimum absolute atomic E-state index is 0.0486. The maximum Gasteiger partial charge on any atom is 0.295 e. The molecule has 1 aromatic carbocycles. The molecule has 2 atom stereocenters. The molecular formula is C21H30N4O. The third kappa shape index (κ3) is 3.09. The first kappa shape index (κ1) is 17.4. The number of nitrogens with one attached hydrogen (secondary N) is 1. The van der Waals surface area contributed by atoms with Gasteiger partial charge in [0, 0.05) is 19.6 Å². The van der Waals surface area contributed by atoms with Crippen molar-refractivity contribution >= 4 is 5.69 Å². The van der Waals surface area contributed by atoms with Crippen LogP contribution in [0.5, 0.6) is 0 Å². The van der Waals surface area contributed by atoms with E-state index in [-0.39, 0.29) is 5.56 Å². The summed E-state index contributed by atoms with van der Waals surface area (Å²) in [4.78, 5) is 15.7. The molecule has 0 spiro atoms. The molecule has 1 aromatic heterocycles. The number of fused-ring (bicyclic) bond motifs is 1. The van der Waals surface area contributed by atoms with E-state index in [9.17, 15) is 4.79 Å². The quantitative estimate of drug-likeness (QED) is 0.917. The SMILES string of the molecule is Cc1c(NC[C@@H]2CCCN3CCCC[C@@H]23)c(=O)n(-c2ccccc2)n1C. The highest BCUT2D eigenvalue weighted by molar-refractivity contribution is 5.49. The zero-order valence-corrected chi connectivity index (χ0v) is 15.9. The molecule has 0 saturated carbocycles. The molecule has 0 unspecified atom stereocenters. The third-order valence-electron chi connectivity index (χ3n) is 6.32. The Hall–Kier alpha value is -2.01. The number of anilines is 1. The molecule has 2 aliphatic heterocycles. The molecule has 26 heavy (non-hydrogen) atoms. The van der Waals surface area contributed by atoms with Crippen LogP contribution in [-0.2, 0) is 7.05 Å². The number of benzene rings is 1. The fraction of sp³-hybridized carbons (Fsp3) is 0.571. The van der Waals surface area contributed by atoms with Crippen LogP contribution < -0.4 is 10.9 Å². The Morgan fingerprint density at radius 3 is 2.65 bits per heavy atom. The van der Waals surface area contributed by atoms with Gasteiger partial charge in [-0.25, -0.2) is 4.68 Å². The van der Waals surface area contributed by atoms with Crippen molar-refractivity contribution in [3.63, 3.8) is 0 Å². The van der Waals surface area contributed by atoms with E-state index in [4.69, 9.17) is 0 Å². The molecule has 0 radical (unpaired) electrons. The minimum atomic E-state index is 0.0486. The van der Waals surface area contributed by atoms with Crippen LogP contribution in [0.2, 0.25) is 0 Å². The van der Waals surface area contributed by atoms with Crippen LogP contribution in [0.1, 0.15) is 37.8 Å². The summed E-state index contributed by atoms with van der Waals surface area (Å²) < 4.78 is 3.71. The second-order valence-electron chi connectivity index (χ2n) is 7.82. The molecule has 1 N–H and O–H groups in total. The maximum absolute atomic E-state index is 13.0. The second-order valence-corrected chi connectivity index (χ2v) is 7.82. The summed E-state index contributed by atoms with van der Waals surface area (Å²) in [7, 11) is 1.96. The second kappa shape index (κ2) is 7.31. The molecule has 0 amide bonds. The van der Waals surface area contributed by atoms with Crippen molar-refractivity contribution in [2.75, 3.05) is 25.0 Å². The summed E-state index contributed by atoms with van der Waals surface area (Å²) in [5.41, 5.74) is 2.71. The monoisotopic (exact) mass is 354 g/mol. The van der Waals surface area contributed by atoms with Crippen molar-refractivity contribution in [2.45, 2.75) is 45.1 Å². The van der Waals surface area contributed by atoms with Crippen LogP contribution in [0.25, 0.3) is 5.69 Å². The standard InChI is InChI=1S/C21H30N4O/c1-16-20(21(26)25(23(16)2)18-10-4-3-5-11-18)22-15-17-9-8-14-24-13-7-6-12-19(17)24/h3-5,10-11,17,19,22H,6-9,12-15H2,1-2H3/t17-,19-/m0/s1. The molecule has 4 rings (SSSR count). The lowest BCUT2D eigenvalue weighted by atomic mass is 9.83. The summed E-state index contributed by atoms with van der Waals surface area (Å²) in [5, 5.41) is 3.53. The van der Waals surface area contributed by atoms with Crippen LogP contribution >= 0.6 is 0 Å². The van der Waals surface area contributed by atoms with Gasteiger partial charge in [-0.3, -0.25) is 9.48 Å². The van der Waals surface area contributed by atoms with E-state index in [0.717, 1.165) is 23.6 Å². The number of para-hydroxylation sites is 1. The molecule has 2 fully saturated rings. The number of hydrogen-bond acceptors (Lipinski definition) is 3. The molecule has 2 saturated heterocycles. The number of aromatic nitrogens is 2. The normalized spacial score (nSPS) is 23.6. The topological polar surface area (TPSA) is 42.2 Å². The van der Waals surface area contributed by atoms with Gasteiger partial charge in [0.25, 0.3) is 5.56 Å². The molecule has 5 heteroatoms. The lowest BCUT2D eigenvalue weighted by Gasteiger charge is -2.44. The largest absolute Gasteiger partial charge is 0.379 e. The zero-order chi connectivity index (χ0) is 18.1. The van der Waals surface area contributed by atoms with Gasteiger partial charge in [0.15, 0.2) is 0 Å². The van der Waals surface area contributed by atoms with Crippen molar-refractivity contribution < 1.29 is 0 Å². The van der Waals surface area contributed by atoms with Gasteiger partial charge in [-0.2, -0.15) is 0 Å². The Bertz CT molecular complexity index is 805. The van der Waals surface area contributed by atoms with Gasteiger partial charge in [-0.05, 0) is 63.7 Å². The summed E-state index contributed by atoms with van der Waals surface area (Å²) in [6, 6.07) is 10.6. The van der Waals surface area contributed by atoms with Gasteiger partial charge >= 0.3 is 0 Å². The van der Waals surface area contributed by atoms with E-state index in [1.165, 1.54) is 45.2 Å². The van der Waals surface area contributed by atoms with E-state index in [0.29, 0.717) is 12.0 Å². The molecule has 3 heterocycles. The van der Waals surface area contributed by atoms with Gasteiger partial charge < -0.3 is 10.2 Å². The highest BCUT2D eigenvalue weighted by Gasteiger charge is 2.33. The Kier molecular flexibility index (Phi) is 4.90. The lowest BCUT2D eigenvalue weighted by Crippen LogP contribution is -2.49. The van der Waals surface area contributed by atoms with Crippen molar-refractivity contribution in [1.29, 1.82) is 0 Å². The fourth-order valence-corrected chi connectivity index (χ4v) is 4.82. The maximum atomic E-state index is 13.0. The molecular weight excluding hydrogens is 324 g/mol. The first-order chi connectivity index (χ1) is 12.7. The van der Waals surface area contributed by atoms with Crippen molar-refractivity contribution in [3.05, 3.63) is 46.4 Å². The zero-order valence-electron chi connectivity index (χ0n) is 15.9. The van der Waals surface area contributed by atoms with Crippen LogP contribution in [0.15, 0.2) is 35.1 Å². The minimum Gasteiger partial charge on any atom is -0.379 e. The number of nitrogens with zero attached hydrogens (tertiary/aromatic N) is 3. The van der Waals surface area contributed by atoms with E-state index in [1.54, 1.807) is 4.68 Å². The summed E-state index contributed by atoms with van der Waals surface area (Å²) >= 11 is 0. The smallest absolute Gasteiger partial charge is 0.295 e. The van der Waals surface area contributed by atoms with E-state index in [1.807, 2.05) is 49.0 Å². The molecule has 2 aliphatic rings. The van der Waals surface area contributed by atoms with Gasteiger partial charge in [0.1, 0.15) is 5.69 Å². The van der Waals surface area contributed by atoms with Crippen LogP contribution in [0.4, 0.5) is 5.69 Å². The number of hydrogen-bond donors (Lipinski definition) is 1. The summed E-state index contributed by atoms with van der Waals surface area (Å²) in [5.74, 6) is 0.647. The van der Waals surface area contributed by atoms with E-state index in [2.05, 4.69) is 10.2 Å². The van der Waals surface area contributed by atoms with E-state index >= 15 is 0 Å². The molecule has 0 bridgehead atoms. The first-order valence-corrected chi connectivity index (χ1v) is 9.99. The predicted octanol–water partition coefficient (Wildman–Crippen LogP) is 3.16. The van der Waals surface area contributed by atoms with Crippen LogP contribution in [-0.4, -0.2) is 39.9 Å². The van der Waals surface area contributed by atoms with Gasteiger partial charge in [0.05, 0.1) is 11.4 Å². The molecule has 2 aromatic rings. The third-order valence-corrected chi connectivity index (χ3v) is 6.32. The van der Waals surface area contributed by atoms with E-state index < -0.39 is 0 Å². The molecule has 140 valence electrons. The lowest BCUT2D eigenvalue weighted by molar-refractivity contribution is 0.0649. The molecule has 0 aliphatic carbocycles. The fourth-order valence-electron chi connectivity index (χ4n) is 4.82. The summed E-state index contributed by atoms with van der Waals surface area (Å²) in [6.45, 7) is 5.44. The number of piperidine rings is 2. The Labute approximate surface area is 155 Å². The van der Waals surface area contributed by atoms with Crippen molar-refractivity contribution in [3.8, 4) is 5.69 Å². The van der Waals surface area contributed by atoms with Crippen LogP contribution in [0, 0.1) is 12.8 Å². The first-order valence-electron chi connectivity index (χ1n) is 9.99. The Morgan fingerprint density at radius 1 is 1.08 bits per heavy atom. The van der Waals surface area contributed by atoms with Crippen molar-refractivity contribution in [1.82, 2.24) is 14.3 Å². The average molecular weight is 354 g/mol. The number of rotatable bonds is 4. The summed E-state index contributed by atoms with van der Waals surface area (Å²) in [6.07, 6.45) is 6.56. The van der Waals surface area contributed by atoms with Crippen LogP contribution in [0.3, 0.4) is 0 Å². The molecule has 5 nitrogen and oxygen atoms in total. The Balaban J connectivity index is 1.55. The van der Waals surface area contributed by atoms with Crippen molar-refractivity contribution in [2.24, 2.45) is 13.0 Å². The highest BCUT2D eigenvalue weighted by Crippen LogP contribution is 2.31. The van der Waals surface area contributed by atoms with Gasteiger partial charge in [-0.1, -0.05) is 24.6 Å².